The van der Waals surface area contributed by atoms with Crippen LogP contribution >= 0.6 is 11.6 Å². The van der Waals surface area contributed by atoms with Crippen LogP contribution in [0.3, 0.4) is 0 Å². The molecule has 0 aliphatic rings. The number of aromatic nitrogens is 4. The number of hydrogen-bond donors (Lipinski definition) is 2. The largest absolute Gasteiger partial charge is 0.487 e. The van der Waals surface area contributed by atoms with Crippen LogP contribution in [0.5, 0.6) is 5.75 Å². The average Bonchev–Trinajstić information content (AvgIpc) is 3.36. The van der Waals surface area contributed by atoms with Gasteiger partial charge in [-0.3, -0.25) is 19.9 Å². The number of hydrogen-bond acceptors (Lipinski definition) is 5. The summed E-state index contributed by atoms with van der Waals surface area (Å²) in [5.74, 6) is -0.562. The van der Waals surface area contributed by atoms with E-state index in [0.717, 1.165) is 5.56 Å². The van der Waals surface area contributed by atoms with E-state index >= 15 is 0 Å². The summed E-state index contributed by atoms with van der Waals surface area (Å²) in [4.78, 5) is 21.3. The van der Waals surface area contributed by atoms with Crippen LogP contribution in [-0.2, 0) is 0 Å². The molecule has 33 heavy (non-hydrogen) atoms. The number of pyridine rings is 2. The third-order valence-corrected chi connectivity index (χ3v) is 4.30. The lowest BCUT2D eigenvalue weighted by Gasteiger charge is -2.12. The lowest BCUT2D eigenvalue weighted by Crippen LogP contribution is -2.16. The molecule has 7 nitrogen and oxygen atoms in total. The normalized spacial score (nSPS) is 10.7. The van der Waals surface area contributed by atoms with Crippen LogP contribution in [0.15, 0.2) is 73.3 Å². The van der Waals surface area contributed by atoms with Crippen molar-refractivity contribution in [1.29, 1.82) is 0 Å². The fraction of sp³-hybridized carbons (Fsp3) is 0.130. The highest BCUT2D eigenvalue weighted by molar-refractivity contribution is 6.20. The molecule has 0 radical (unpaired) electrons. The van der Waals surface area contributed by atoms with Crippen molar-refractivity contribution < 1.29 is 18.3 Å². The number of carbonyl (C=O) groups excluding carboxylic acids is 1. The standard InChI is InChI=1S/C21H14ClF2N5O2.C2H6/c22-21(23,24)31-16-5-3-15(4-6-16)28-20(30)14-10-17(13-2-1-8-25-11-13)19(26-12-14)18-7-9-27-29-18;1-2/h1-12H,(H,27,29)(H,28,30);1-2H3. The van der Waals surface area contributed by atoms with Crippen molar-refractivity contribution in [2.45, 2.75) is 19.4 Å². The lowest BCUT2D eigenvalue weighted by atomic mass is 10.0. The number of benzene rings is 1. The van der Waals surface area contributed by atoms with Crippen LogP contribution in [0.2, 0.25) is 0 Å². The predicted molar refractivity (Wildman–Crippen MR) is 122 cm³/mol. The minimum atomic E-state index is -3.81. The average molecular weight is 472 g/mol. The summed E-state index contributed by atoms with van der Waals surface area (Å²) in [5.41, 5.74) is -0.348. The van der Waals surface area contributed by atoms with Gasteiger partial charge < -0.3 is 10.1 Å². The minimum absolute atomic E-state index is 0.137. The molecule has 0 aliphatic heterocycles. The zero-order valence-electron chi connectivity index (χ0n) is 17.7. The number of ether oxygens (including phenoxy) is 1. The van der Waals surface area contributed by atoms with Crippen LogP contribution in [0, 0.1) is 0 Å². The van der Waals surface area contributed by atoms with E-state index in [4.69, 9.17) is 11.6 Å². The molecule has 0 atom stereocenters. The van der Waals surface area contributed by atoms with E-state index in [1.807, 2.05) is 19.9 Å². The van der Waals surface area contributed by atoms with E-state index < -0.39 is 11.5 Å². The summed E-state index contributed by atoms with van der Waals surface area (Å²) in [6, 6.07) is 12.5. The van der Waals surface area contributed by atoms with Gasteiger partial charge >= 0.3 is 5.57 Å². The number of anilines is 1. The molecule has 1 aromatic carbocycles. The Labute approximate surface area is 193 Å². The number of H-pyrrole nitrogens is 1. The lowest BCUT2D eigenvalue weighted by molar-refractivity contribution is -0.0964. The minimum Gasteiger partial charge on any atom is -0.420 e. The molecule has 4 aromatic rings. The Balaban J connectivity index is 0.00000149. The Kier molecular flexibility index (Phi) is 7.68. The van der Waals surface area contributed by atoms with Crippen LogP contribution in [0.1, 0.15) is 24.2 Å². The molecule has 10 heteroatoms. The number of amides is 1. The molecule has 0 fully saturated rings. The number of carbonyl (C=O) groups is 1. The molecular formula is C23H20ClF2N5O2. The van der Waals surface area contributed by atoms with E-state index in [9.17, 15) is 13.6 Å². The molecule has 3 aromatic heterocycles. The third kappa shape index (κ3) is 6.33. The summed E-state index contributed by atoms with van der Waals surface area (Å²) in [6.07, 6.45) is 6.37. The zero-order valence-corrected chi connectivity index (χ0v) is 18.5. The monoisotopic (exact) mass is 471 g/mol. The van der Waals surface area contributed by atoms with Crippen molar-refractivity contribution >= 4 is 23.2 Å². The van der Waals surface area contributed by atoms with Crippen molar-refractivity contribution in [3.05, 3.63) is 78.9 Å². The van der Waals surface area contributed by atoms with Crippen molar-refractivity contribution in [2.75, 3.05) is 5.32 Å². The highest BCUT2D eigenvalue weighted by Crippen LogP contribution is 2.30. The van der Waals surface area contributed by atoms with Crippen LogP contribution in [-0.4, -0.2) is 31.6 Å². The molecule has 0 saturated carbocycles. The Morgan fingerprint density at radius 3 is 2.45 bits per heavy atom. The van der Waals surface area contributed by atoms with Crippen LogP contribution in [0.25, 0.3) is 22.5 Å². The van der Waals surface area contributed by atoms with Gasteiger partial charge in [-0.2, -0.15) is 5.10 Å². The van der Waals surface area contributed by atoms with Gasteiger partial charge in [-0.25, -0.2) is 0 Å². The molecular weight excluding hydrogens is 452 g/mol. The molecule has 0 unspecified atom stereocenters. The predicted octanol–water partition coefficient (Wildman–Crippen LogP) is 5.98. The number of nitrogens with one attached hydrogen (secondary N) is 2. The first-order valence-corrected chi connectivity index (χ1v) is 10.3. The smallest absolute Gasteiger partial charge is 0.420 e. The molecule has 1 amide bonds. The molecule has 4 rings (SSSR count). The van der Waals surface area contributed by atoms with E-state index in [2.05, 4.69) is 30.2 Å². The fourth-order valence-electron chi connectivity index (χ4n) is 2.88. The van der Waals surface area contributed by atoms with Crippen molar-refractivity contribution in [1.82, 2.24) is 20.2 Å². The van der Waals surface area contributed by atoms with Gasteiger partial charge in [0.2, 0.25) is 0 Å². The van der Waals surface area contributed by atoms with E-state index in [1.165, 1.54) is 30.5 Å². The summed E-state index contributed by atoms with van der Waals surface area (Å²) < 4.78 is 29.7. The summed E-state index contributed by atoms with van der Waals surface area (Å²) in [7, 11) is 0. The van der Waals surface area contributed by atoms with Gasteiger partial charge in [0.25, 0.3) is 5.91 Å². The number of aromatic amines is 1. The number of halogens is 3. The first-order chi connectivity index (χ1) is 15.9. The second-order valence-electron chi connectivity index (χ2n) is 6.36. The van der Waals surface area contributed by atoms with E-state index in [-0.39, 0.29) is 5.75 Å². The topological polar surface area (TPSA) is 92.8 Å². The van der Waals surface area contributed by atoms with Gasteiger partial charge in [-0.15, -0.1) is 8.78 Å². The second-order valence-corrected chi connectivity index (χ2v) is 6.80. The maximum absolute atomic E-state index is 12.7. The highest BCUT2D eigenvalue weighted by Gasteiger charge is 2.27. The maximum atomic E-state index is 12.7. The molecule has 3 heterocycles. The molecule has 2 N–H and O–H groups in total. The second kappa shape index (κ2) is 10.6. The quantitative estimate of drug-likeness (QED) is 0.337. The summed E-state index contributed by atoms with van der Waals surface area (Å²) in [5, 5.41) is 9.51. The van der Waals surface area contributed by atoms with Gasteiger partial charge in [0.15, 0.2) is 0 Å². The van der Waals surface area contributed by atoms with E-state index in [1.54, 1.807) is 36.8 Å². The molecule has 0 saturated heterocycles. The Hall–Kier alpha value is -3.85. The number of nitrogens with zero attached hydrogens (tertiary/aromatic N) is 3. The molecule has 0 aliphatic carbocycles. The summed E-state index contributed by atoms with van der Waals surface area (Å²) >= 11 is 4.74. The highest BCUT2D eigenvalue weighted by atomic mass is 35.5. The van der Waals surface area contributed by atoms with Crippen LogP contribution < -0.4 is 10.1 Å². The molecule has 0 spiro atoms. The third-order valence-electron chi connectivity index (χ3n) is 4.22. The van der Waals surface area contributed by atoms with Crippen molar-refractivity contribution in [3.8, 4) is 28.3 Å². The molecule has 0 bridgehead atoms. The number of alkyl halides is 3. The fourth-order valence-corrected chi connectivity index (χ4v) is 2.97. The SMILES string of the molecule is CC.O=C(Nc1ccc(OC(F)(F)Cl)cc1)c1cnc(-c2ccn[nH]2)c(-c2cccnc2)c1. The zero-order chi connectivity index (χ0) is 23.8. The van der Waals surface area contributed by atoms with Crippen molar-refractivity contribution in [3.63, 3.8) is 0 Å². The first kappa shape index (κ1) is 23.8. The van der Waals surface area contributed by atoms with Crippen molar-refractivity contribution in [2.24, 2.45) is 0 Å². The van der Waals surface area contributed by atoms with Gasteiger partial charge in [0.05, 0.1) is 17.0 Å². The maximum Gasteiger partial charge on any atom is 0.487 e. The first-order valence-electron chi connectivity index (χ1n) is 9.96. The van der Waals surface area contributed by atoms with Gasteiger partial charge in [-0.1, -0.05) is 19.9 Å². The Bertz CT molecular complexity index is 1180. The van der Waals surface area contributed by atoms with Crippen LogP contribution in [0.4, 0.5) is 14.5 Å². The summed E-state index contributed by atoms with van der Waals surface area (Å²) in [6.45, 7) is 4.00. The Morgan fingerprint density at radius 2 is 1.85 bits per heavy atom. The van der Waals surface area contributed by atoms with Gasteiger partial charge in [0, 0.05) is 53.2 Å². The van der Waals surface area contributed by atoms with E-state index in [0.29, 0.717) is 28.2 Å². The number of rotatable bonds is 6. The van der Waals surface area contributed by atoms with Gasteiger partial charge in [0.1, 0.15) is 5.75 Å². The molecule has 170 valence electrons. The van der Waals surface area contributed by atoms with Gasteiger partial charge in [-0.05, 0) is 42.5 Å². The Morgan fingerprint density at radius 1 is 1.09 bits per heavy atom.